The predicted molar refractivity (Wildman–Crippen MR) is 75.0 cm³/mol. The van der Waals surface area contributed by atoms with Crippen molar-refractivity contribution in [2.75, 3.05) is 7.11 Å². The molecule has 0 saturated carbocycles. The van der Waals surface area contributed by atoms with Crippen molar-refractivity contribution in [3.05, 3.63) is 35.4 Å². The average molecular weight is 290 g/mol. The Hall–Kier alpha value is -2.21. The summed E-state index contributed by atoms with van der Waals surface area (Å²) in [5, 5.41) is 12.9. The number of halogens is 1. The van der Waals surface area contributed by atoms with E-state index in [0.29, 0.717) is 16.5 Å². The normalized spacial score (nSPS) is 10.9. The van der Waals surface area contributed by atoms with Crippen molar-refractivity contribution < 1.29 is 4.74 Å². The van der Waals surface area contributed by atoms with Crippen LogP contribution in [0.5, 0.6) is 5.88 Å². The van der Waals surface area contributed by atoms with Gasteiger partial charge in [-0.25, -0.2) is 4.98 Å². The van der Waals surface area contributed by atoms with Crippen LogP contribution < -0.4 is 4.74 Å². The van der Waals surface area contributed by atoms with Gasteiger partial charge in [0.15, 0.2) is 5.65 Å². The van der Waals surface area contributed by atoms with Gasteiger partial charge in [-0.2, -0.15) is 9.61 Å². The molecule has 0 bridgehead atoms. The minimum absolute atomic E-state index is 0.493. The molecule has 0 aliphatic carbocycles. The molecule has 0 spiro atoms. The maximum absolute atomic E-state index is 6.05. The quantitative estimate of drug-likeness (QED) is 0.741. The van der Waals surface area contributed by atoms with Gasteiger partial charge >= 0.3 is 0 Å². The lowest BCUT2D eigenvalue weighted by molar-refractivity contribution is 0.399. The fourth-order valence-corrected chi connectivity index (χ4v) is 2.19. The second kappa shape index (κ2) is 5.05. The van der Waals surface area contributed by atoms with Crippen LogP contribution in [0.15, 0.2) is 24.7 Å². The summed E-state index contributed by atoms with van der Waals surface area (Å²) in [5.41, 5.74) is 3.19. The van der Waals surface area contributed by atoms with Crippen LogP contribution in [0.2, 0.25) is 5.02 Å². The molecular weight excluding hydrogens is 278 g/mol. The van der Waals surface area contributed by atoms with Crippen molar-refractivity contribution in [2.45, 2.75) is 13.3 Å². The topological polar surface area (TPSA) is 65.2 Å². The number of hydrogen-bond donors (Lipinski definition) is 0. The first-order valence-corrected chi connectivity index (χ1v) is 6.50. The molecule has 0 aliphatic rings. The summed E-state index contributed by atoms with van der Waals surface area (Å²) in [4.78, 5) is 4.19. The third kappa shape index (κ3) is 2.08. The zero-order chi connectivity index (χ0) is 14.1. The highest BCUT2D eigenvalue weighted by atomic mass is 35.5. The highest BCUT2D eigenvalue weighted by Gasteiger charge is 2.15. The Morgan fingerprint density at radius 3 is 2.90 bits per heavy atom. The van der Waals surface area contributed by atoms with Gasteiger partial charge < -0.3 is 4.74 Å². The SMILES string of the molecule is CCc1cc(-c2cc(Cl)cnc2OC)c2nncn2n1. The van der Waals surface area contributed by atoms with E-state index in [1.807, 2.05) is 13.0 Å². The molecule has 0 N–H and O–H groups in total. The third-order valence-corrected chi connectivity index (χ3v) is 3.19. The van der Waals surface area contributed by atoms with E-state index < -0.39 is 0 Å². The summed E-state index contributed by atoms with van der Waals surface area (Å²) < 4.78 is 6.95. The minimum atomic E-state index is 0.493. The smallest absolute Gasteiger partial charge is 0.221 e. The molecule has 0 aromatic carbocycles. The monoisotopic (exact) mass is 289 g/mol. The zero-order valence-corrected chi connectivity index (χ0v) is 11.8. The van der Waals surface area contributed by atoms with Gasteiger partial charge in [-0.3, -0.25) is 0 Å². The molecule has 0 unspecified atom stereocenters. The Balaban J connectivity index is 2.33. The van der Waals surface area contributed by atoms with E-state index in [4.69, 9.17) is 16.3 Å². The van der Waals surface area contributed by atoms with Gasteiger partial charge in [-0.05, 0) is 18.6 Å². The molecule has 3 heterocycles. The van der Waals surface area contributed by atoms with Gasteiger partial charge in [0, 0.05) is 17.3 Å². The van der Waals surface area contributed by atoms with Gasteiger partial charge in [0.05, 0.1) is 17.8 Å². The van der Waals surface area contributed by atoms with Crippen molar-refractivity contribution in [3.8, 4) is 17.0 Å². The van der Waals surface area contributed by atoms with Gasteiger partial charge in [0.25, 0.3) is 0 Å². The van der Waals surface area contributed by atoms with Crippen LogP contribution in [-0.4, -0.2) is 31.9 Å². The zero-order valence-electron chi connectivity index (χ0n) is 11.0. The van der Waals surface area contributed by atoms with Gasteiger partial charge in [-0.1, -0.05) is 18.5 Å². The highest BCUT2D eigenvalue weighted by molar-refractivity contribution is 6.30. The van der Waals surface area contributed by atoms with E-state index in [-0.39, 0.29) is 0 Å². The molecule has 6 nitrogen and oxygen atoms in total. The van der Waals surface area contributed by atoms with Crippen molar-refractivity contribution in [1.29, 1.82) is 0 Å². The number of rotatable bonds is 3. The van der Waals surface area contributed by atoms with E-state index >= 15 is 0 Å². The minimum Gasteiger partial charge on any atom is -0.481 e. The number of hydrogen-bond acceptors (Lipinski definition) is 5. The number of aryl methyl sites for hydroxylation is 1. The van der Waals surface area contributed by atoms with E-state index in [1.54, 1.807) is 30.2 Å². The molecule has 7 heteroatoms. The number of aromatic nitrogens is 5. The standard InChI is InChI=1S/C13H12ClN5O/c1-3-9-5-10(12-17-16-7-19(12)18-9)11-4-8(14)6-15-13(11)20-2/h4-7H,3H2,1-2H3. The van der Waals surface area contributed by atoms with Crippen LogP contribution in [0.25, 0.3) is 16.8 Å². The largest absolute Gasteiger partial charge is 0.481 e. The van der Waals surface area contributed by atoms with Crippen LogP contribution in [0.1, 0.15) is 12.6 Å². The molecule has 20 heavy (non-hydrogen) atoms. The Kier molecular flexibility index (Phi) is 3.23. The summed E-state index contributed by atoms with van der Waals surface area (Å²) in [7, 11) is 1.57. The second-order valence-electron chi connectivity index (χ2n) is 4.21. The van der Waals surface area contributed by atoms with E-state index in [9.17, 15) is 0 Å². The molecular formula is C13H12ClN5O. The third-order valence-electron chi connectivity index (χ3n) is 2.98. The molecule has 3 aromatic heterocycles. The maximum Gasteiger partial charge on any atom is 0.221 e. The van der Waals surface area contributed by atoms with E-state index in [2.05, 4.69) is 20.3 Å². The van der Waals surface area contributed by atoms with Gasteiger partial charge in [0.2, 0.25) is 5.88 Å². The number of fused-ring (bicyclic) bond motifs is 1. The van der Waals surface area contributed by atoms with Crippen molar-refractivity contribution in [2.24, 2.45) is 0 Å². The number of nitrogens with zero attached hydrogens (tertiary/aromatic N) is 5. The lowest BCUT2D eigenvalue weighted by Crippen LogP contribution is -2.00. The molecule has 0 saturated heterocycles. The molecule has 0 radical (unpaired) electrons. The predicted octanol–water partition coefficient (Wildman–Crippen LogP) is 2.41. The van der Waals surface area contributed by atoms with Crippen LogP contribution in [0.3, 0.4) is 0 Å². The molecule has 0 amide bonds. The van der Waals surface area contributed by atoms with Crippen molar-refractivity contribution >= 4 is 17.2 Å². The van der Waals surface area contributed by atoms with E-state index in [0.717, 1.165) is 23.2 Å². The first kappa shape index (κ1) is 12.8. The highest BCUT2D eigenvalue weighted by Crippen LogP contribution is 2.32. The molecule has 3 aromatic rings. The Bertz CT molecular complexity index is 771. The summed E-state index contributed by atoms with van der Waals surface area (Å²) in [6, 6.07) is 3.76. The first-order chi connectivity index (χ1) is 9.72. The van der Waals surface area contributed by atoms with E-state index in [1.165, 1.54) is 0 Å². The van der Waals surface area contributed by atoms with Crippen molar-refractivity contribution in [3.63, 3.8) is 0 Å². The number of ether oxygens (including phenoxy) is 1. The van der Waals surface area contributed by atoms with Crippen LogP contribution in [-0.2, 0) is 6.42 Å². The fraction of sp³-hybridized carbons (Fsp3) is 0.231. The number of methoxy groups -OCH3 is 1. The summed E-state index contributed by atoms with van der Waals surface area (Å²) in [5.74, 6) is 0.493. The lowest BCUT2D eigenvalue weighted by Gasteiger charge is -2.09. The molecule has 0 fully saturated rings. The second-order valence-corrected chi connectivity index (χ2v) is 4.65. The summed E-state index contributed by atoms with van der Waals surface area (Å²) in [6.45, 7) is 2.04. The number of pyridine rings is 1. The Morgan fingerprint density at radius 2 is 2.15 bits per heavy atom. The molecule has 102 valence electrons. The van der Waals surface area contributed by atoms with Gasteiger partial charge in [0.1, 0.15) is 6.33 Å². The van der Waals surface area contributed by atoms with Gasteiger partial charge in [-0.15, -0.1) is 10.2 Å². The first-order valence-electron chi connectivity index (χ1n) is 6.12. The summed E-state index contributed by atoms with van der Waals surface area (Å²) in [6.07, 6.45) is 3.92. The van der Waals surface area contributed by atoms with Crippen molar-refractivity contribution in [1.82, 2.24) is 24.8 Å². The maximum atomic E-state index is 6.05. The van der Waals surface area contributed by atoms with Crippen LogP contribution >= 0.6 is 11.6 Å². The lowest BCUT2D eigenvalue weighted by atomic mass is 10.1. The molecule has 0 atom stereocenters. The molecule has 3 rings (SSSR count). The molecule has 0 aliphatic heterocycles. The Morgan fingerprint density at radius 1 is 1.30 bits per heavy atom. The average Bonchev–Trinajstić information content (AvgIpc) is 2.94. The fourth-order valence-electron chi connectivity index (χ4n) is 2.03. The Labute approximate surface area is 120 Å². The van der Waals surface area contributed by atoms with Crippen LogP contribution in [0, 0.1) is 0 Å². The summed E-state index contributed by atoms with van der Waals surface area (Å²) >= 11 is 6.05. The van der Waals surface area contributed by atoms with Crippen LogP contribution in [0.4, 0.5) is 0 Å².